The van der Waals surface area contributed by atoms with Gasteiger partial charge in [0.25, 0.3) is 0 Å². The lowest BCUT2D eigenvalue weighted by molar-refractivity contribution is 0.262. The molecule has 0 atom stereocenters. The van der Waals surface area contributed by atoms with Crippen LogP contribution in [-0.2, 0) is 0 Å². The molecule has 0 unspecified atom stereocenters. The zero-order valence-electron chi connectivity index (χ0n) is 17.5. The molecule has 2 aromatic rings. The molecule has 0 aliphatic rings. The molecule has 3 N–H and O–H groups in total. The van der Waals surface area contributed by atoms with Crippen LogP contribution in [0, 0.1) is 6.92 Å². The van der Waals surface area contributed by atoms with Crippen molar-refractivity contribution in [2.45, 2.75) is 19.8 Å². The third-order valence-electron chi connectivity index (χ3n) is 4.20. The minimum absolute atomic E-state index is 0.255. The van der Waals surface area contributed by atoms with E-state index in [0.29, 0.717) is 11.5 Å². The van der Waals surface area contributed by atoms with Crippen LogP contribution in [0.4, 0.5) is 22.2 Å². The summed E-state index contributed by atoms with van der Waals surface area (Å²) in [6, 6.07) is 6.97. The average Bonchev–Trinajstić information content (AvgIpc) is 2.66. The van der Waals surface area contributed by atoms with Crippen LogP contribution in [0.25, 0.3) is 12.2 Å². The number of aromatic nitrogens is 2. The molecule has 0 radical (unpaired) electrons. The van der Waals surface area contributed by atoms with Gasteiger partial charge in [-0.1, -0.05) is 31.4 Å². The Morgan fingerprint density at radius 2 is 1.83 bits per heavy atom. The van der Waals surface area contributed by atoms with Crippen molar-refractivity contribution in [3.8, 4) is 0 Å². The largest absolute Gasteiger partial charge is 0.370 e. The highest BCUT2D eigenvalue weighted by Crippen LogP contribution is 2.18. The van der Waals surface area contributed by atoms with E-state index in [1.54, 1.807) is 18.2 Å². The highest BCUT2D eigenvalue weighted by atomic mass is 16.2. The summed E-state index contributed by atoms with van der Waals surface area (Å²) in [4.78, 5) is 23.2. The number of amides is 2. The van der Waals surface area contributed by atoms with Gasteiger partial charge < -0.3 is 15.5 Å². The van der Waals surface area contributed by atoms with Gasteiger partial charge in [-0.05, 0) is 63.7 Å². The molecule has 29 heavy (non-hydrogen) atoms. The molecule has 1 aromatic carbocycles. The normalized spacial score (nSPS) is 10.5. The second kappa shape index (κ2) is 11.0. The first-order valence-electron chi connectivity index (χ1n) is 9.62. The van der Waals surface area contributed by atoms with E-state index in [0.717, 1.165) is 42.8 Å². The maximum Gasteiger partial charge on any atom is 0.326 e. The zero-order chi connectivity index (χ0) is 21.2. The highest BCUT2D eigenvalue weighted by Gasteiger charge is 2.08. The molecule has 0 spiro atoms. The predicted molar refractivity (Wildman–Crippen MR) is 122 cm³/mol. The van der Waals surface area contributed by atoms with Gasteiger partial charge in [0.15, 0.2) is 0 Å². The molecule has 154 valence electrons. The van der Waals surface area contributed by atoms with Crippen LogP contribution in [0.3, 0.4) is 0 Å². The summed E-state index contributed by atoms with van der Waals surface area (Å²) in [7, 11) is 4.13. The molecule has 1 heterocycles. The number of unbranched alkanes of at least 4 members (excludes halogenated alkanes) is 1. The van der Waals surface area contributed by atoms with Crippen LogP contribution in [0.5, 0.6) is 0 Å². The van der Waals surface area contributed by atoms with Crippen molar-refractivity contribution < 1.29 is 4.79 Å². The third-order valence-corrected chi connectivity index (χ3v) is 4.20. The number of nitrogens with one attached hydrogen (secondary N) is 3. The monoisotopic (exact) mass is 394 g/mol. The number of carbonyl (C=O) groups is 1. The fraction of sp³-hybridized carbons (Fsp3) is 0.318. The molecule has 0 bridgehead atoms. The SMILES string of the molecule is C=Cc1ccc(NC(=O)Nc2nc(C)cc(NCCCCN(C)C)n2)cc1C=C. The van der Waals surface area contributed by atoms with Gasteiger partial charge in [-0.3, -0.25) is 5.32 Å². The third kappa shape index (κ3) is 7.38. The Morgan fingerprint density at radius 1 is 1.07 bits per heavy atom. The van der Waals surface area contributed by atoms with Gasteiger partial charge >= 0.3 is 6.03 Å². The van der Waals surface area contributed by atoms with Gasteiger partial charge in [-0.2, -0.15) is 4.98 Å². The van der Waals surface area contributed by atoms with Crippen LogP contribution < -0.4 is 16.0 Å². The fourth-order valence-corrected chi connectivity index (χ4v) is 2.76. The van der Waals surface area contributed by atoms with Crippen molar-refractivity contribution in [3.05, 3.63) is 54.2 Å². The second-order valence-electron chi connectivity index (χ2n) is 6.99. The molecule has 7 heteroatoms. The number of hydrogen-bond donors (Lipinski definition) is 3. The van der Waals surface area contributed by atoms with Crippen molar-refractivity contribution in [2.75, 3.05) is 43.1 Å². The fourth-order valence-electron chi connectivity index (χ4n) is 2.76. The lowest BCUT2D eigenvalue weighted by Gasteiger charge is -2.12. The second-order valence-corrected chi connectivity index (χ2v) is 6.99. The van der Waals surface area contributed by atoms with Gasteiger partial charge in [0, 0.05) is 24.0 Å². The minimum Gasteiger partial charge on any atom is -0.370 e. The predicted octanol–water partition coefficient (Wildman–Crippen LogP) is 4.47. The Hall–Kier alpha value is -3.19. The number of hydrogen-bond acceptors (Lipinski definition) is 5. The minimum atomic E-state index is -0.408. The maximum absolute atomic E-state index is 12.3. The van der Waals surface area contributed by atoms with E-state index in [-0.39, 0.29) is 5.95 Å². The number of benzene rings is 1. The first-order chi connectivity index (χ1) is 13.9. The summed E-state index contributed by atoms with van der Waals surface area (Å²) in [5, 5.41) is 8.77. The molecule has 7 nitrogen and oxygen atoms in total. The standard InChI is InChI=1S/C22H30N6O/c1-6-17-10-11-19(15-18(17)7-2)25-22(29)27-21-24-16(3)14-20(26-21)23-12-8-9-13-28(4)5/h6-7,10-11,14-15H,1-2,8-9,12-13H2,3-5H3,(H3,23,24,25,26,27,29). The van der Waals surface area contributed by atoms with E-state index in [1.165, 1.54) is 0 Å². The van der Waals surface area contributed by atoms with Crippen LogP contribution in [0.2, 0.25) is 0 Å². The molecule has 2 rings (SSSR count). The first-order valence-corrected chi connectivity index (χ1v) is 9.62. The number of rotatable bonds is 10. The number of carbonyl (C=O) groups excluding carboxylic acids is 1. The van der Waals surface area contributed by atoms with E-state index in [9.17, 15) is 4.79 Å². The van der Waals surface area contributed by atoms with Crippen molar-refractivity contribution in [1.29, 1.82) is 0 Å². The van der Waals surface area contributed by atoms with Crippen molar-refractivity contribution in [1.82, 2.24) is 14.9 Å². The van der Waals surface area contributed by atoms with Crippen molar-refractivity contribution >= 4 is 35.6 Å². The number of aryl methyl sites for hydroxylation is 1. The topological polar surface area (TPSA) is 82.2 Å². The molecule has 0 aliphatic carbocycles. The highest BCUT2D eigenvalue weighted by molar-refractivity contribution is 5.99. The van der Waals surface area contributed by atoms with E-state index in [2.05, 4.69) is 58.1 Å². The van der Waals surface area contributed by atoms with Gasteiger partial charge in [-0.25, -0.2) is 9.78 Å². The summed E-state index contributed by atoms with van der Waals surface area (Å²) in [6.07, 6.45) is 5.61. The summed E-state index contributed by atoms with van der Waals surface area (Å²) in [5.74, 6) is 0.951. The van der Waals surface area contributed by atoms with Crippen LogP contribution in [-0.4, -0.2) is 48.1 Å². The zero-order valence-corrected chi connectivity index (χ0v) is 17.5. The van der Waals surface area contributed by atoms with Gasteiger partial charge in [0.1, 0.15) is 5.82 Å². The quantitative estimate of drug-likeness (QED) is 0.518. The number of nitrogens with zero attached hydrogens (tertiary/aromatic N) is 3. The van der Waals surface area contributed by atoms with E-state index in [4.69, 9.17) is 0 Å². The Kier molecular flexibility index (Phi) is 8.36. The maximum atomic E-state index is 12.3. The van der Waals surface area contributed by atoms with Gasteiger partial charge in [0.05, 0.1) is 0 Å². The van der Waals surface area contributed by atoms with Crippen molar-refractivity contribution in [3.63, 3.8) is 0 Å². The van der Waals surface area contributed by atoms with Crippen LogP contribution in [0.15, 0.2) is 37.4 Å². The Morgan fingerprint density at radius 3 is 2.52 bits per heavy atom. The van der Waals surface area contributed by atoms with E-state index >= 15 is 0 Å². The Bertz CT molecular complexity index is 862. The summed E-state index contributed by atoms with van der Waals surface area (Å²) >= 11 is 0. The average molecular weight is 395 g/mol. The first kappa shape index (κ1) is 22.1. The lowest BCUT2D eigenvalue weighted by atomic mass is 10.1. The summed E-state index contributed by atoms with van der Waals surface area (Å²) in [6.45, 7) is 11.3. The molecular formula is C22H30N6O. The lowest BCUT2D eigenvalue weighted by Crippen LogP contribution is -2.21. The molecule has 0 aliphatic heterocycles. The van der Waals surface area contributed by atoms with Gasteiger partial charge in [-0.15, -0.1) is 0 Å². The molecule has 0 saturated carbocycles. The van der Waals surface area contributed by atoms with Crippen molar-refractivity contribution in [2.24, 2.45) is 0 Å². The van der Waals surface area contributed by atoms with E-state index < -0.39 is 6.03 Å². The summed E-state index contributed by atoms with van der Waals surface area (Å²) in [5.41, 5.74) is 3.27. The molecule has 0 saturated heterocycles. The van der Waals surface area contributed by atoms with Crippen LogP contribution in [0.1, 0.15) is 29.7 Å². The number of anilines is 3. The molecule has 2 amide bonds. The molecular weight excluding hydrogens is 364 g/mol. The smallest absolute Gasteiger partial charge is 0.326 e. The van der Waals surface area contributed by atoms with Gasteiger partial charge in [0.2, 0.25) is 5.95 Å². The summed E-state index contributed by atoms with van der Waals surface area (Å²) < 4.78 is 0. The van der Waals surface area contributed by atoms with Crippen LogP contribution >= 0.6 is 0 Å². The number of urea groups is 1. The Labute approximate surface area is 172 Å². The molecule has 0 fully saturated rings. The Balaban J connectivity index is 1.95. The molecule has 1 aromatic heterocycles. The van der Waals surface area contributed by atoms with E-state index in [1.807, 2.05) is 25.1 Å².